The molecule has 2 aliphatic heterocycles. The van der Waals surface area contributed by atoms with Crippen molar-refractivity contribution >= 4 is 51.9 Å². The molecule has 2 amide bonds. The Morgan fingerprint density at radius 2 is 1.98 bits per heavy atom. The van der Waals surface area contributed by atoms with Gasteiger partial charge in [-0.25, -0.2) is 9.97 Å². The lowest BCUT2D eigenvalue weighted by Crippen LogP contribution is -2.55. The third kappa shape index (κ3) is 6.81. The van der Waals surface area contributed by atoms with Crippen molar-refractivity contribution in [2.24, 2.45) is 0 Å². The first-order valence-corrected chi connectivity index (χ1v) is 17.9. The Labute approximate surface area is 308 Å². The van der Waals surface area contributed by atoms with Gasteiger partial charge in [0.1, 0.15) is 18.6 Å². The zero-order valence-corrected chi connectivity index (χ0v) is 30.3. The molecule has 53 heavy (non-hydrogen) atoms. The van der Waals surface area contributed by atoms with Crippen LogP contribution in [0.25, 0.3) is 16.5 Å². The Kier molecular flexibility index (Phi) is 9.62. The summed E-state index contributed by atoms with van der Waals surface area (Å²) in [6.07, 6.45) is -2.40. The summed E-state index contributed by atoms with van der Waals surface area (Å²) in [4.78, 5) is 59.3. The van der Waals surface area contributed by atoms with Crippen molar-refractivity contribution in [2.45, 2.75) is 59.0 Å². The van der Waals surface area contributed by atoms with E-state index in [-0.39, 0.29) is 77.7 Å². The minimum atomic E-state index is -4.62. The quantitative estimate of drug-likeness (QED) is 0.237. The summed E-state index contributed by atoms with van der Waals surface area (Å²) >= 11 is 7.61. The first-order valence-electron chi connectivity index (χ1n) is 16.7. The normalized spacial score (nSPS) is 16.2. The Hall–Kier alpha value is -5.07. The standard InChI is InChI=1S/C34H33ClF3N9O5S/c1-4-23-28(45-9-8-44(13-17(45)2)31(50)27-29(49)18(3)39-16-40-27)32(51)47-33(42-30(43-47)24-11-19-7-10-52-15-25(19)53-24)46(23)14-26(48)41-22-6-5-20(12-21(22)35)34(36,37)38/h5-6,11-12,16-17,49H,4,7-10,13-15H2,1-3H3,(H,41,48). The van der Waals surface area contributed by atoms with E-state index in [9.17, 15) is 32.7 Å². The van der Waals surface area contributed by atoms with Crippen molar-refractivity contribution in [3.63, 3.8) is 0 Å². The van der Waals surface area contributed by atoms with Crippen molar-refractivity contribution in [2.75, 3.05) is 36.5 Å². The van der Waals surface area contributed by atoms with Crippen LogP contribution >= 0.6 is 22.9 Å². The molecule has 278 valence electrons. The molecule has 5 aromatic rings. The van der Waals surface area contributed by atoms with E-state index in [1.165, 1.54) is 17.7 Å². The average molecular weight is 772 g/mol. The summed E-state index contributed by atoms with van der Waals surface area (Å²) in [5, 5.41) is 17.4. The number of halogens is 4. The maximum absolute atomic E-state index is 14.4. The molecule has 0 bridgehead atoms. The van der Waals surface area contributed by atoms with Gasteiger partial charge in [-0.05, 0) is 56.5 Å². The van der Waals surface area contributed by atoms with Crippen LogP contribution < -0.4 is 15.8 Å². The molecule has 0 saturated carbocycles. The van der Waals surface area contributed by atoms with E-state index in [1.807, 2.05) is 24.8 Å². The Bertz CT molecular complexity index is 2300. The number of carbonyl (C=O) groups is 2. The fraction of sp³-hybridized carbons (Fsp3) is 0.382. The summed E-state index contributed by atoms with van der Waals surface area (Å²) in [7, 11) is 0. The average Bonchev–Trinajstić information content (AvgIpc) is 3.76. The number of thiophene rings is 1. The Balaban J connectivity index is 1.27. The van der Waals surface area contributed by atoms with Gasteiger partial charge in [-0.3, -0.25) is 14.4 Å². The molecule has 1 atom stereocenters. The third-order valence-electron chi connectivity index (χ3n) is 9.31. The number of alkyl halides is 3. The number of benzene rings is 1. The number of hydrogen-bond donors (Lipinski definition) is 2. The van der Waals surface area contributed by atoms with E-state index in [4.69, 9.17) is 21.3 Å². The van der Waals surface area contributed by atoms with Crippen LogP contribution in [0.4, 0.5) is 24.5 Å². The van der Waals surface area contributed by atoms with Gasteiger partial charge in [0.15, 0.2) is 17.3 Å². The highest BCUT2D eigenvalue weighted by atomic mass is 35.5. The number of aromatic nitrogens is 6. The molecule has 0 radical (unpaired) electrons. The monoisotopic (exact) mass is 771 g/mol. The van der Waals surface area contributed by atoms with E-state index in [2.05, 4.69) is 20.4 Å². The summed E-state index contributed by atoms with van der Waals surface area (Å²) in [5.41, 5.74) is 0.529. The number of aryl methyl sites for hydroxylation is 1. The number of fused-ring (bicyclic) bond motifs is 2. The number of amides is 2. The zero-order chi connectivity index (χ0) is 37.8. The molecule has 19 heteroatoms. The maximum atomic E-state index is 14.4. The summed E-state index contributed by atoms with van der Waals surface area (Å²) < 4.78 is 48.1. The van der Waals surface area contributed by atoms with Crippen molar-refractivity contribution in [3.05, 3.63) is 79.1 Å². The van der Waals surface area contributed by atoms with Gasteiger partial charge in [0, 0.05) is 30.6 Å². The largest absolute Gasteiger partial charge is 0.504 e. The summed E-state index contributed by atoms with van der Waals surface area (Å²) in [5.74, 6) is -1.03. The van der Waals surface area contributed by atoms with Crippen molar-refractivity contribution < 1.29 is 32.6 Å². The van der Waals surface area contributed by atoms with E-state index < -0.39 is 35.2 Å². The molecular formula is C34H33ClF3N9O5S. The second kappa shape index (κ2) is 14.1. The molecule has 6 heterocycles. The molecular weight excluding hydrogens is 739 g/mol. The molecule has 0 aliphatic carbocycles. The van der Waals surface area contributed by atoms with Gasteiger partial charge in [0.2, 0.25) is 11.7 Å². The molecule has 7 rings (SSSR count). The molecule has 14 nitrogen and oxygen atoms in total. The minimum Gasteiger partial charge on any atom is -0.504 e. The van der Waals surface area contributed by atoms with E-state index >= 15 is 0 Å². The predicted octanol–water partition coefficient (Wildman–Crippen LogP) is 4.72. The number of carbonyl (C=O) groups excluding carboxylic acids is 2. The first-order chi connectivity index (χ1) is 25.2. The summed E-state index contributed by atoms with van der Waals surface area (Å²) in [6.45, 7) is 6.49. The highest BCUT2D eigenvalue weighted by Crippen LogP contribution is 2.35. The molecule has 2 N–H and O–H groups in total. The Morgan fingerprint density at radius 3 is 2.68 bits per heavy atom. The molecule has 4 aromatic heterocycles. The third-order valence-corrected chi connectivity index (χ3v) is 10.8. The minimum absolute atomic E-state index is 0.0205. The molecule has 1 fully saturated rings. The topological polar surface area (TPSA) is 160 Å². The lowest BCUT2D eigenvalue weighted by molar-refractivity contribution is -0.137. The van der Waals surface area contributed by atoms with E-state index in [0.29, 0.717) is 18.9 Å². The van der Waals surface area contributed by atoms with Crippen LogP contribution in [0.2, 0.25) is 5.02 Å². The van der Waals surface area contributed by atoms with Gasteiger partial charge in [-0.1, -0.05) is 18.5 Å². The van der Waals surface area contributed by atoms with Gasteiger partial charge in [-0.2, -0.15) is 22.7 Å². The predicted molar refractivity (Wildman–Crippen MR) is 190 cm³/mol. The lowest BCUT2D eigenvalue weighted by atomic mass is 10.1. The van der Waals surface area contributed by atoms with Gasteiger partial charge in [-0.15, -0.1) is 16.4 Å². The van der Waals surface area contributed by atoms with Crippen LogP contribution in [0.15, 0.2) is 35.4 Å². The van der Waals surface area contributed by atoms with Gasteiger partial charge in [0.05, 0.1) is 45.8 Å². The second-order valence-electron chi connectivity index (χ2n) is 12.7. The van der Waals surface area contributed by atoms with Crippen molar-refractivity contribution in [1.82, 2.24) is 34.0 Å². The van der Waals surface area contributed by atoms with Crippen molar-refractivity contribution in [3.8, 4) is 16.5 Å². The number of anilines is 2. The van der Waals surface area contributed by atoms with Crippen LogP contribution in [-0.4, -0.2) is 83.2 Å². The number of nitrogens with zero attached hydrogens (tertiary/aromatic N) is 8. The molecule has 1 saturated heterocycles. The van der Waals surface area contributed by atoms with Crippen LogP contribution in [0.1, 0.15) is 51.7 Å². The van der Waals surface area contributed by atoms with Crippen LogP contribution in [-0.2, 0) is 41.7 Å². The number of hydrogen-bond acceptors (Lipinski definition) is 11. The van der Waals surface area contributed by atoms with E-state index in [1.54, 1.807) is 16.4 Å². The van der Waals surface area contributed by atoms with Crippen molar-refractivity contribution in [1.29, 1.82) is 0 Å². The number of aromatic hydroxyl groups is 1. The number of nitrogens with one attached hydrogen (secondary N) is 1. The smallest absolute Gasteiger partial charge is 0.416 e. The number of ether oxygens (including phenoxy) is 1. The fourth-order valence-corrected chi connectivity index (χ4v) is 7.94. The molecule has 0 spiro atoms. The maximum Gasteiger partial charge on any atom is 0.416 e. The number of rotatable bonds is 7. The molecule has 1 aromatic carbocycles. The number of piperazine rings is 1. The SMILES string of the molecule is CCc1c(N2CCN(C(=O)c3ncnc(C)c3O)CC2C)c(=O)n2nc(-c3cc4c(s3)COCC4)nc2n1CC(=O)Nc1ccc(C(F)(F)F)cc1Cl. The molecule has 2 aliphatic rings. The molecule has 1 unspecified atom stereocenters. The van der Waals surface area contributed by atoms with Crippen LogP contribution in [0.3, 0.4) is 0 Å². The van der Waals surface area contributed by atoms with Gasteiger partial charge >= 0.3 is 6.18 Å². The van der Waals surface area contributed by atoms with Gasteiger partial charge in [0.25, 0.3) is 11.5 Å². The van der Waals surface area contributed by atoms with Gasteiger partial charge < -0.3 is 29.5 Å². The zero-order valence-electron chi connectivity index (χ0n) is 28.7. The first kappa shape index (κ1) is 36.3. The summed E-state index contributed by atoms with van der Waals surface area (Å²) in [6, 6.07) is 4.21. The lowest BCUT2D eigenvalue weighted by Gasteiger charge is -2.41. The fourth-order valence-electron chi connectivity index (χ4n) is 6.64. The van der Waals surface area contributed by atoms with Crippen LogP contribution in [0.5, 0.6) is 5.75 Å². The van der Waals surface area contributed by atoms with E-state index in [0.717, 1.165) is 44.5 Å². The second-order valence-corrected chi connectivity index (χ2v) is 14.3. The van der Waals surface area contributed by atoms with Crippen LogP contribution in [0, 0.1) is 6.92 Å². The highest BCUT2D eigenvalue weighted by Gasteiger charge is 2.35. The Morgan fingerprint density at radius 1 is 1.19 bits per heavy atom. The highest BCUT2D eigenvalue weighted by molar-refractivity contribution is 7.15.